The Bertz CT molecular complexity index is 439. The molecular weight excluding hydrogens is 240 g/mol. The van der Waals surface area contributed by atoms with Gasteiger partial charge in [-0.1, -0.05) is 5.21 Å². The second-order valence-electron chi connectivity index (χ2n) is 4.13. The van der Waals surface area contributed by atoms with Crippen molar-refractivity contribution in [2.24, 2.45) is 5.92 Å². The maximum atomic E-state index is 11.7. The molecule has 0 spiro atoms. The Morgan fingerprint density at radius 3 is 3.11 bits per heavy atom. The van der Waals surface area contributed by atoms with E-state index in [-0.39, 0.29) is 18.1 Å². The Kier molecular flexibility index (Phi) is 3.88. The lowest BCUT2D eigenvalue weighted by Crippen LogP contribution is -2.29. The van der Waals surface area contributed by atoms with Crippen molar-refractivity contribution in [3.05, 3.63) is 11.9 Å². The number of nitrogens with one attached hydrogen (secondary N) is 1. The van der Waals surface area contributed by atoms with E-state index in [0.717, 1.165) is 17.7 Å². The van der Waals surface area contributed by atoms with Crippen LogP contribution < -0.4 is 5.32 Å². The molecule has 1 aromatic heterocycles. The zero-order valence-electron chi connectivity index (χ0n) is 9.70. The van der Waals surface area contributed by atoms with Gasteiger partial charge in [-0.25, -0.2) is 4.68 Å². The first-order valence-electron chi connectivity index (χ1n) is 5.63. The van der Waals surface area contributed by atoms with Crippen LogP contribution in [-0.2, 0) is 16.1 Å². The molecule has 2 rings (SSSR count). The molecule has 0 aromatic carbocycles. The highest BCUT2D eigenvalue weighted by molar-refractivity contribution is 5.91. The molecule has 1 atom stereocenters. The summed E-state index contributed by atoms with van der Waals surface area (Å²) in [6.07, 6.45) is 2.25. The highest BCUT2D eigenvalue weighted by Crippen LogP contribution is 2.10. The molecule has 1 fully saturated rings. The van der Waals surface area contributed by atoms with E-state index in [1.165, 1.54) is 6.20 Å². The van der Waals surface area contributed by atoms with Gasteiger partial charge in [0.2, 0.25) is 0 Å². The summed E-state index contributed by atoms with van der Waals surface area (Å²) in [6, 6.07) is 0. The van der Waals surface area contributed by atoms with Crippen LogP contribution in [-0.4, -0.2) is 51.7 Å². The van der Waals surface area contributed by atoms with Crippen molar-refractivity contribution >= 4 is 11.9 Å². The number of hydrogen-bond acceptors (Lipinski definition) is 5. The van der Waals surface area contributed by atoms with E-state index in [4.69, 9.17) is 9.84 Å². The van der Waals surface area contributed by atoms with Crippen molar-refractivity contribution in [1.82, 2.24) is 20.3 Å². The maximum Gasteiger partial charge on any atom is 0.325 e. The van der Waals surface area contributed by atoms with Gasteiger partial charge in [0, 0.05) is 19.1 Å². The summed E-state index contributed by atoms with van der Waals surface area (Å²) >= 11 is 0. The summed E-state index contributed by atoms with van der Waals surface area (Å²) in [7, 11) is 0. The van der Waals surface area contributed by atoms with Gasteiger partial charge < -0.3 is 15.2 Å². The fraction of sp³-hybridized carbons (Fsp3) is 0.600. The normalized spacial score (nSPS) is 18.8. The summed E-state index contributed by atoms with van der Waals surface area (Å²) in [4.78, 5) is 22.1. The number of carboxylic acid groups (broad SMARTS) is 1. The summed E-state index contributed by atoms with van der Waals surface area (Å²) in [5, 5.41) is 18.5. The highest BCUT2D eigenvalue weighted by atomic mass is 16.5. The molecule has 8 heteroatoms. The van der Waals surface area contributed by atoms with Crippen molar-refractivity contribution in [2.75, 3.05) is 19.8 Å². The molecule has 1 aliphatic rings. The van der Waals surface area contributed by atoms with Crippen LogP contribution >= 0.6 is 0 Å². The zero-order valence-corrected chi connectivity index (χ0v) is 9.70. The Hall–Kier alpha value is -1.96. The van der Waals surface area contributed by atoms with Crippen LogP contribution in [0.25, 0.3) is 0 Å². The predicted octanol–water partition coefficient (Wildman–Crippen LogP) is -0.871. The molecule has 8 nitrogen and oxygen atoms in total. The van der Waals surface area contributed by atoms with Crippen LogP contribution in [0.1, 0.15) is 16.9 Å². The van der Waals surface area contributed by atoms with Gasteiger partial charge in [0.1, 0.15) is 6.54 Å². The van der Waals surface area contributed by atoms with Crippen LogP contribution in [0.15, 0.2) is 6.20 Å². The number of rotatable bonds is 5. The third kappa shape index (κ3) is 3.27. The zero-order chi connectivity index (χ0) is 13.0. The molecule has 0 bridgehead atoms. The van der Waals surface area contributed by atoms with Crippen LogP contribution in [0.5, 0.6) is 0 Å². The Morgan fingerprint density at radius 1 is 1.61 bits per heavy atom. The summed E-state index contributed by atoms with van der Waals surface area (Å²) in [5.41, 5.74) is 0.121. The molecule has 18 heavy (non-hydrogen) atoms. The van der Waals surface area contributed by atoms with E-state index in [0.29, 0.717) is 19.1 Å². The lowest BCUT2D eigenvalue weighted by Gasteiger charge is -2.07. The van der Waals surface area contributed by atoms with Crippen molar-refractivity contribution in [3.63, 3.8) is 0 Å². The SMILES string of the molecule is O=C(O)Cn1cc(C(=O)NCC2CCOC2)nn1. The fourth-order valence-corrected chi connectivity index (χ4v) is 1.69. The number of carbonyl (C=O) groups is 2. The molecule has 1 unspecified atom stereocenters. The van der Waals surface area contributed by atoms with Gasteiger partial charge >= 0.3 is 5.97 Å². The van der Waals surface area contributed by atoms with E-state index >= 15 is 0 Å². The number of amides is 1. The number of ether oxygens (including phenoxy) is 1. The fourth-order valence-electron chi connectivity index (χ4n) is 1.69. The molecule has 1 aliphatic heterocycles. The van der Waals surface area contributed by atoms with Crippen molar-refractivity contribution < 1.29 is 19.4 Å². The molecule has 0 radical (unpaired) electrons. The van der Waals surface area contributed by atoms with E-state index < -0.39 is 5.97 Å². The summed E-state index contributed by atoms with van der Waals surface area (Å²) < 4.78 is 6.30. The van der Waals surface area contributed by atoms with E-state index in [1.54, 1.807) is 0 Å². The third-order valence-electron chi connectivity index (χ3n) is 2.64. The van der Waals surface area contributed by atoms with Crippen LogP contribution in [0.3, 0.4) is 0 Å². The highest BCUT2D eigenvalue weighted by Gasteiger charge is 2.18. The van der Waals surface area contributed by atoms with Gasteiger partial charge in [-0.05, 0) is 6.42 Å². The van der Waals surface area contributed by atoms with Gasteiger partial charge in [-0.2, -0.15) is 0 Å². The van der Waals surface area contributed by atoms with E-state index in [2.05, 4.69) is 15.6 Å². The molecule has 98 valence electrons. The van der Waals surface area contributed by atoms with Crippen LogP contribution in [0.4, 0.5) is 0 Å². The summed E-state index contributed by atoms with van der Waals surface area (Å²) in [5.74, 6) is -1.04. The number of aromatic nitrogens is 3. The molecule has 2 heterocycles. The minimum absolute atomic E-state index is 0.121. The van der Waals surface area contributed by atoms with Gasteiger partial charge in [0.05, 0.1) is 12.8 Å². The average molecular weight is 254 g/mol. The predicted molar refractivity (Wildman–Crippen MR) is 58.9 cm³/mol. The van der Waals surface area contributed by atoms with Gasteiger partial charge in [0.25, 0.3) is 5.91 Å². The molecule has 1 saturated heterocycles. The van der Waals surface area contributed by atoms with E-state index in [9.17, 15) is 9.59 Å². The Balaban J connectivity index is 1.84. The number of aliphatic carboxylic acids is 1. The largest absolute Gasteiger partial charge is 0.480 e. The maximum absolute atomic E-state index is 11.7. The molecule has 2 N–H and O–H groups in total. The number of carbonyl (C=O) groups excluding carboxylic acids is 1. The number of hydrogen-bond donors (Lipinski definition) is 2. The summed E-state index contributed by atoms with van der Waals surface area (Å²) in [6.45, 7) is 1.61. The monoisotopic (exact) mass is 254 g/mol. The second-order valence-corrected chi connectivity index (χ2v) is 4.13. The number of nitrogens with zero attached hydrogens (tertiary/aromatic N) is 3. The Labute approximate surface area is 103 Å². The van der Waals surface area contributed by atoms with Crippen molar-refractivity contribution in [3.8, 4) is 0 Å². The van der Waals surface area contributed by atoms with Gasteiger partial charge in [-0.3, -0.25) is 9.59 Å². The molecule has 1 aromatic rings. The minimum atomic E-state index is -1.03. The van der Waals surface area contributed by atoms with Gasteiger partial charge in [-0.15, -0.1) is 5.10 Å². The van der Waals surface area contributed by atoms with Crippen molar-refractivity contribution in [2.45, 2.75) is 13.0 Å². The molecule has 1 amide bonds. The van der Waals surface area contributed by atoms with E-state index in [1.807, 2.05) is 0 Å². The second kappa shape index (κ2) is 5.58. The molecular formula is C10H14N4O4. The first-order chi connectivity index (χ1) is 8.65. The third-order valence-corrected chi connectivity index (χ3v) is 2.64. The minimum Gasteiger partial charge on any atom is -0.480 e. The van der Waals surface area contributed by atoms with Gasteiger partial charge in [0.15, 0.2) is 5.69 Å². The average Bonchev–Trinajstić information content (AvgIpc) is 2.95. The smallest absolute Gasteiger partial charge is 0.325 e. The lowest BCUT2D eigenvalue weighted by atomic mass is 10.1. The van der Waals surface area contributed by atoms with Crippen LogP contribution in [0, 0.1) is 5.92 Å². The molecule has 0 aliphatic carbocycles. The number of carboxylic acids is 1. The Morgan fingerprint density at radius 2 is 2.44 bits per heavy atom. The first-order valence-corrected chi connectivity index (χ1v) is 5.63. The lowest BCUT2D eigenvalue weighted by molar-refractivity contribution is -0.137. The molecule has 0 saturated carbocycles. The standard InChI is InChI=1S/C10H14N4O4/c15-9(16)5-14-4-8(12-13-14)10(17)11-3-7-1-2-18-6-7/h4,7H,1-3,5-6H2,(H,11,17)(H,15,16). The van der Waals surface area contributed by atoms with Crippen molar-refractivity contribution in [1.29, 1.82) is 0 Å². The van der Waals surface area contributed by atoms with Crippen LogP contribution in [0.2, 0.25) is 0 Å². The topological polar surface area (TPSA) is 106 Å². The first kappa shape index (κ1) is 12.5. The quantitative estimate of drug-likeness (QED) is 0.707.